The van der Waals surface area contributed by atoms with Gasteiger partial charge in [0, 0.05) is 19.1 Å². The minimum atomic E-state index is -0.0431. The van der Waals surface area contributed by atoms with E-state index < -0.39 is 0 Å². The zero-order chi connectivity index (χ0) is 12.8. The molecule has 1 amide bonds. The minimum absolute atomic E-state index is 0.0431. The highest BCUT2D eigenvalue weighted by molar-refractivity contribution is 5.79. The Bertz CT molecular complexity index is 267. The number of piperidine rings is 1. The number of nitrogens with one attached hydrogen (secondary N) is 2. The first-order valence-electron chi connectivity index (χ1n) is 7.18. The van der Waals surface area contributed by atoms with Gasteiger partial charge >= 0.3 is 0 Å². The Morgan fingerprint density at radius 3 is 2.78 bits per heavy atom. The molecule has 0 spiro atoms. The van der Waals surface area contributed by atoms with E-state index in [1.54, 1.807) is 0 Å². The Morgan fingerprint density at radius 2 is 2.06 bits per heavy atom. The van der Waals surface area contributed by atoms with Crippen LogP contribution in [0.2, 0.25) is 0 Å². The van der Waals surface area contributed by atoms with Crippen LogP contribution in [0, 0.1) is 5.92 Å². The first kappa shape index (κ1) is 13.8. The van der Waals surface area contributed by atoms with Gasteiger partial charge in [0.25, 0.3) is 0 Å². The van der Waals surface area contributed by atoms with E-state index in [1.807, 2.05) is 0 Å². The van der Waals surface area contributed by atoms with Crippen molar-refractivity contribution in [3.05, 3.63) is 0 Å². The van der Waals surface area contributed by atoms with Crippen LogP contribution in [0.3, 0.4) is 0 Å². The Morgan fingerprint density at radius 1 is 1.28 bits per heavy atom. The Balaban J connectivity index is 1.79. The van der Waals surface area contributed by atoms with E-state index in [2.05, 4.69) is 22.7 Å². The van der Waals surface area contributed by atoms with Gasteiger partial charge < -0.3 is 10.1 Å². The van der Waals surface area contributed by atoms with E-state index in [-0.39, 0.29) is 17.9 Å². The molecule has 2 fully saturated rings. The fourth-order valence-corrected chi connectivity index (χ4v) is 2.59. The molecule has 2 N–H and O–H groups in total. The topological polar surface area (TPSA) is 53.6 Å². The van der Waals surface area contributed by atoms with Crippen molar-refractivity contribution in [2.45, 2.75) is 38.6 Å². The molecule has 0 bridgehead atoms. The summed E-state index contributed by atoms with van der Waals surface area (Å²) in [7, 11) is 0. The van der Waals surface area contributed by atoms with Gasteiger partial charge in [-0.15, -0.1) is 0 Å². The number of nitrogens with zero attached hydrogens (tertiary/aromatic N) is 1. The van der Waals surface area contributed by atoms with Crippen molar-refractivity contribution in [2.75, 3.05) is 32.8 Å². The van der Waals surface area contributed by atoms with E-state index in [4.69, 9.17) is 4.74 Å². The lowest BCUT2D eigenvalue weighted by Gasteiger charge is -2.29. The van der Waals surface area contributed by atoms with Crippen molar-refractivity contribution in [2.24, 2.45) is 5.92 Å². The van der Waals surface area contributed by atoms with Crippen LogP contribution in [0.4, 0.5) is 0 Å². The second-order valence-corrected chi connectivity index (χ2v) is 5.23. The van der Waals surface area contributed by atoms with Crippen molar-refractivity contribution in [3.8, 4) is 0 Å². The number of hydrogen-bond acceptors (Lipinski definition) is 4. The molecule has 0 radical (unpaired) electrons. The van der Waals surface area contributed by atoms with Gasteiger partial charge in [-0.3, -0.25) is 10.2 Å². The van der Waals surface area contributed by atoms with Gasteiger partial charge in [0.2, 0.25) is 5.91 Å². The lowest BCUT2D eigenvalue weighted by Crippen LogP contribution is -2.51. The number of rotatable bonds is 5. The Kier molecular flexibility index (Phi) is 5.41. The number of ether oxygens (including phenoxy) is 1. The fourth-order valence-electron chi connectivity index (χ4n) is 2.59. The third-order valence-corrected chi connectivity index (χ3v) is 3.70. The van der Waals surface area contributed by atoms with E-state index >= 15 is 0 Å². The SMILES string of the molecule is CCCNC1COCC1C(=O)NN1CCCCC1. The molecule has 5 heteroatoms. The van der Waals surface area contributed by atoms with Gasteiger partial charge in [0.05, 0.1) is 19.1 Å². The summed E-state index contributed by atoms with van der Waals surface area (Å²) in [5, 5.41) is 5.45. The molecule has 5 nitrogen and oxygen atoms in total. The zero-order valence-corrected chi connectivity index (χ0v) is 11.3. The first-order valence-corrected chi connectivity index (χ1v) is 7.18. The summed E-state index contributed by atoms with van der Waals surface area (Å²) < 4.78 is 5.44. The summed E-state index contributed by atoms with van der Waals surface area (Å²) in [6, 6.07) is 0.176. The summed E-state index contributed by atoms with van der Waals surface area (Å²) in [5.74, 6) is 0.0708. The molecule has 0 aromatic heterocycles. The van der Waals surface area contributed by atoms with Crippen LogP contribution >= 0.6 is 0 Å². The quantitative estimate of drug-likeness (QED) is 0.752. The predicted molar refractivity (Wildman–Crippen MR) is 70.0 cm³/mol. The first-order chi connectivity index (χ1) is 8.81. The molecule has 2 saturated heterocycles. The summed E-state index contributed by atoms with van der Waals surface area (Å²) in [5.41, 5.74) is 3.04. The van der Waals surface area contributed by atoms with Gasteiger partial charge in [-0.1, -0.05) is 13.3 Å². The smallest absolute Gasteiger partial charge is 0.241 e. The lowest BCUT2D eigenvalue weighted by molar-refractivity contribution is -0.130. The van der Waals surface area contributed by atoms with Crippen LogP contribution in [-0.4, -0.2) is 49.8 Å². The van der Waals surface area contributed by atoms with Crippen molar-refractivity contribution >= 4 is 5.91 Å². The molecule has 0 saturated carbocycles. The summed E-state index contributed by atoms with van der Waals surface area (Å²) in [4.78, 5) is 12.2. The van der Waals surface area contributed by atoms with E-state index in [9.17, 15) is 4.79 Å². The van der Waals surface area contributed by atoms with Gasteiger partial charge in [0.1, 0.15) is 0 Å². The standard InChI is InChI=1S/C13H25N3O2/c1-2-6-14-12-10-18-9-11(12)13(17)15-16-7-4-3-5-8-16/h11-12,14H,2-10H2,1H3,(H,15,17). The monoisotopic (exact) mass is 255 g/mol. The van der Waals surface area contributed by atoms with Crippen LogP contribution in [0.15, 0.2) is 0 Å². The van der Waals surface area contributed by atoms with Gasteiger partial charge in [0.15, 0.2) is 0 Å². The molecule has 2 unspecified atom stereocenters. The van der Waals surface area contributed by atoms with Gasteiger partial charge in [-0.25, -0.2) is 5.01 Å². The third-order valence-electron chi connectivity index (χ3n) is 3.70. The average molecular weight is 255 g/mol. The van der Waals surface area contributed by atoms with Crippen LogP contribution in [-0.2, 0) is 9.53 Å². The van der Waals surface area contributed by atoms with Crippen LogP contribution in [0.25, 0.3) is 0 Å². The average Bonchev–Trinajstić information content (AvgIpc) is 2.86. The highest BCUT2D eigenvalue weighted by atomic mass is 16.5. The molecule has 0 aromatic carbocycles. The second kappa shape index (κ2) is 7.07. The number of carbonyl (C=O) groups is 1. The van der Waals surface area contributed by atoms with Gasteiger partial charge in [-0.2, -0.15) is 0 Å². The van der Waals surface area contributed by atoms with Crippen molar-refractivity contribution in [1.29, 1.82) is 0 Å². The molecule has 0 aliphatic carbocycles. The van der Waals surface area contributed by atoms with Crippen molar-refractivity contribution < 1.29 is 9.53 Å². The fraction of sp³-hybridized carbons (Fsp3) is 0.923. The normalized spacial score (nSPS) is 29.4. The van der Waals surface area contributed by atoms with Crippen molar-refractivity contribution in [1.82, 2.24) is 15.8 Å². The predicted octanol–water partition coefficient (Wildman–Crippen LogP) is 0.518. The van der Waals surface area contributed by atoms with Gasteiger partial charge in [-0.05, 0) is 25.8 Å². The van der Waals surface area contributed by atoms with Crippen LogP contribution in [0.1, 0.15) is 32.6 Å². The van der Waals surface area contributed by atoms with E-state index in [0.717, 1.165) is 26.1 Å². The largest absolute Gasteiger partial charge is 0.379 e. The molecule has 18 heavy (non-hydrogen) atoms. The molecule has 2 aliphatic heterocycles. The molecule has 2 aliphatic rings. The molecular formula is C13H25N3O2. The second-order valence-electron chi connectivity index (χ2n) is 5.23. The third kappa shape index (κ3) is 3.67. The lowest BCUT2D eigenvalue weighted by atomic mass is 10.0. The highest BCUT2D eigenvalue weighted by Gasteiger charge is 2.34. The summed E-state index contributed by atoms with van der Waals surface area (Å²) in [6.45, 7) is 6.23. The number of amides is 1. The maximum absolute atomic E-state index is 12.2. The molecule has 0 aromatic rings. The maximum Gasteiger partial charge on any atom is 0.241 e. The van der Waals surface area contributed by atoms with Crippen molar-refractivity contribution in [3.63, 3.8) is 0 Å². The highest BCUT2D eigenvalue weighted by Crippen LogP contribution is 2.15. The molecule has 104 valence electrons. The molecule has 2 rings (SSSR count). The van der Waals surface area contributed by atoms with E-state index in [1.165, 1.54) is 19.3 Å². The Labute approximate surface area is 109 Å². The zero-order valence-electron chi connectivity index (χ0n) is 11.3. The summed E-state index contributed by atoms with van der Waals surface area (Å²) >= 11 is 0. The van der Waals surface area contributed by atoms with Crippen LogP contribution < -0.4 is 10.7 Å². The number of hydrogen-bond donors (Lipinski definition) is 2. The molecular weight excluding hydrogens is 230 g/mol. The maximum atomic E-state index is 12.2. The summed E-state index contributed by atoms with van der Waals surface area (Å²) in [6.07, 6.45) is 4.72. The number of carbonyl (C=O) groups excluding carboxylic acids is 1. The number of hydrazine groups is 1. The molecule has 2 heterocycles. The minimum Gasteiger partial charge on any atom is -0.379 e. The Hall–Kier alpha value is -0.650. The van der Waals surface area contributed by atoms with E-state index in [0.29, 0.717) is 13.2 Å². The molecule has 2 atom stereocenters. The van der Waals surface area contributed by atoms with Crippen LogP contribution in [0.5, 0.6) is 0 Å².